The predicted molar refractivity (Wildman–Crippen MR) is 398 cm³/mol. The van der Waals surface area contributed by atoms with Gasteiger partial charge in [-0.05, 0) is 89.9 Å². The van der Waals surface area contributed by atoms with Gasteiger partial charge in [-0.25, -0.2) is 0 Å². The fourth-order valence-electron chi connectivity index (χ4n) is 12.8. The molecule has 0 fully saturated rings. The van der Waals surface area contributed by atoms with E-state index < -0.39 is 12.1 Å². The number of hydrogen-bond donors (Lipinski definition) is 3. The molecule has 0 aliphatic carbocycles. The van der Waals surface area contributed by atoms with Crippen molar-refractivity contribution in [2.45, 2.75) is 463 Å². The molecule has 0 aromatic rings. The number of amides is 1. The van der Waals surface area contributed by atoms with E-state index in [2.05, 4.69) is 55.6 Å². The van der Waals surface area contributed by atoms with E-state index in [1.54, 1.807) is 6.08 Å². The largest absolute Gasteiger partial charge is 0.466 e. The summed E-state index contributed by atoms with van der Waals surface area (Å²) in [5.41, 5.74) is 0. The molecule has 1 amide bonds. The quantitative estimate of drug-likeness (QED) is 0.0320. The number of ether oxygens (including phenoxy) is 1. The van der Waals surface area contributed by atoms with E-state index in [9.17, 15) is 19.8 Å². The van der Waals surface area contributed by atoms with Crippen LogP contribution in [0.2, 0.25) is 0 Å². The molecule has 0 aromatic heterocycles. The summed E-state index contributed by atoms with van der Waals surface area (Å²) in [6.45, 7) is 4.94. The fraction of sp³-hybridized carbons (Fsp3) is 0.881. The van der Waals surface area contributed by atoms with Crippen LogP contribution in [0.3, 0.4) is 0 Å². The minimum absolute atomic E-state index is 0.00973. The third-order valence-electron chi connectivity index (χ3n) is 19.1. The number of esters is 1. The lowest BCUT2D eigenvalue weighted by Crippen LogP contribution is -2.45. The van der Waals surface area contributed by atoms with Crippen molar-refractivity contribution in [2.24, 2.45) is 0 Å². The monoisotopic (exact) mass is 1260 g/mol. The van der Waals surface area contributed by atoms with Gasteiger partial charge in [-0.2, -0.15) is 0 Å². The molecular weight excluding hydrogens is 1100 g/mol. The highest BCUT2D eigenvalue weighted by Gasteiger charge is 2.18. The van der Waals surface area contributed by atoms with Crippen LogP contribution in [0.15, 0.2) is 48.6 Å². The van der Waals surface area contributed by atoms with Crippen LogP contribution in [-0.4, -0.2) is 47.4 Å². The number of rotatable bonds is 77. The lowest BCUT2D eigenvalue weighted by molar-refractivity contribution is -0.143. The number of nitrogens with one attached hydrogen (secondary N) is 1. The van der Waals surface area contributed by atoms with E-state index in [4.69, 9.17) is 4.74 Å². The van der Waals surface area contributed by atoms with Crippen molar-refractivity contribution in [3.05, 3.63) is 48.6 Å². The molecule has 0 aromatic carbocycles. The van der Waals surface area contributed by atoms with Crippen molar-refractivity contribution in [1.82, 2.24) is 5.32 Å². The number of allylic oxidation sites excluding steroid dienone is 7. The molecule has 0 spiro atoms. The van der Waals surface area contributed by atoms with Gasteiger partial charge < -0.3 is 20.3 Å². The minimum atomic E-state index is -0.845. The Morgan fingerprint density at radius 2 is 0.556 bits per heavy atom. The number of carbonyl (C=O) groups is 2. The molecular formula is C84H159NO5. The van der Waals surface area contributed by atoms with Gasteiger partial charge >= 0.3 is 5.97 Å². The molecule has 0 bridgehead atoms. The number of carbonyl (C=O) groups excluding carboxylic acids is 2. The summed E-state index contributed by atoms with van der Waals surface area (Å²) in [7, 11) is 0. The summed E-state index contributed by atoms with van der Waals surface area (Å²) in [5.74, 6) is -0.0515. The lowest BCUT2D eigenvalue weighted by Gasteiger charge is -2.20. The second-order valence-electron chi connectivity index (χ2n) is 28.1. The summed E-state index contributed by atoms with van der Waals surface area (Å²) in [6.07, 6.45) is 105. The van der Waals surface area contributed by atoms with Gasteiger partial charge in [0.1, 0.15) is 0 Å². The zero-order valence-corrected chi connectivity index (χ0v) is 60.9. The highest BCUT2D eigenvalue weighted by Crippen LogP contribution is 2.19. The van der Waals surface area contributed by atoms with Crippen molar-refractivity contribution in [3.8, 4) is 0 Å². The molecule has 2 atom stereocenters. The summed E-state index contributed by atoms with van der Waals surface area (Å²) < 4.78 is 5.50. The van der Waals surface area contributed by atoms with Crippen LogP contribution < -0.4 is 5.32 Å². The summed E-state index contributed by atoms with van der Waals surface area (Å²) in [4.78, 5) is 24.6. The zero-order chi connectivity index (χ0) is 64.9. The Hall–Kier alpha value is -2.18. The van der Waals surface area contributed by atoms with E-state index in [1.165, 1.54) is 372 Å². The second kappa shape index (κ2) is 79.3. The maximum absolute atomic E-state index is 12.6. The number of aliphatic hydroxyl groups is 2. The fourth-order valence-corrected chi connectivity index (χ4v) is 12.8. The van der Waals surface area contributed by atoms with Crippen LogP contribution in [0.25, 0.3) is 0 Å². The normalized spacial score (nSPS) is 12.7. The van der Waals surface area contributed by atoms with Crippen LogP contribution in [0.5, 0.6) is 0 Å². The molecule has 0 saturated carbocycles. The first-order valence-corrected chi connectivity index (χ1v) is 40.9. The van der Waals surface area contributed by atoms with Gasteiger partial charge in [0.2, 0.25) is 5.91 Å². The van der Waals surface area contributed by atoms with E-state index in [1.807, 2.05) is 6.08 Å². The van der Waals surface area contributed by atoms with Gasteiger partial charge in [-0.1, -0.05) is 396 Å². The number of hydrogen-bond acceptors (Lipinski definition) is 5. The molecule has 3 N–H and O–H groups in total. The first-order valence-electron chi connectivity index (χ1n) is 40.9. The van der Waals surface area contributed by atoms with E-state index in [0.717, 1.165) is 51.4 Å². The molecule has 0 rings (SSSR count). The Labute approximate surface area is 563 Å². The Morgan fingerprint density at radius 1 is 0.311 bits per heavy atom. The van der Waals surface area contributed by atoms with Gasteiger partial charge in [-0.15, -0.1) is 0 Å². The number of unbranched alkanes of at least 4 members (excludes halogenated alkanes) is 60. The molecule has 0 saturated heterocycles. The Morgan fingerprint density at radius 3 is 0.856 bits per heavy atom. The Bertz CT molecular complexity index is 1500. The molecule has 6 heteroatoms. The van der Waals surface area contributed by atoms with Crippen LogP contribution in [0.4, 0.5) is 0 Å². The molecule has 530 valence electrons. The van der Waals surface area contributed by atoms with Gasteiger partial charge in [-0.3, -0.25) is 9.59 Å². The lowest BCUT2D eigenvalue weighted by atomic mass is 10.0. The van der Waals surface area contributed by atoms with Crippen LogP contribution in [-0.2, 0) is 14.3 Å². The average molecular weight is 1260 g/mol. The summed E-state index contributed by atoms with van der Waals surface area (Å²) in [5, 5.41) is 23.3. The first-order chi connectivity index (χ1) is 44.5. The standard InChI is InChI=1S/C84H159NO5/c1-3-5-7-9-11-13-15-17-19-21-22-23-39-42-45-48-52-56-60-64-68-72-76-82(87)81(80-86)85-83(88)77-73-69-65-61-57-53-49-46-43-40-37-35-33-31-29-27-25-24-26-28-30-32-34-36-38-41-44-47-51-55-59-63-67-71-75-79-90-84(89)78-74-70-66-62-58-54-50-20-18-16-14-12-10-8-6-4-2/h20,26,28,32,34,50,72,76,81-82,86-87H,3-19,21-25,27,29-31,33,35-49,51-71,73-75,77-80H2,1-2H3,(H,85,88)/b28-26-,34-32-,50-20-,76-72+. The van der Waals surface area contributed by atoms with Crippen molar-refractivity contribution in [1.29, 1.82) is 0 Å². The molecule has 6 nitrogen and oxygen atoms in total. The van der Waals surface area contributed by atoms with Crippen LogP contribution in [0, 0.1) is 0 Å². The molecule has 0 aliphatic heterocycles. The Balaban J connectivity index is 3.39. The molecule has 0 heterocycles. The van der Waals surface area contributed by atoms with Gasteiger partial charge in [0.05, 0.1) is 25.4 Å². The SMILES string of the molecule is CCCCCCCCC/C=C\CCCCCCCC(=O)OCCCCCCCCCCCCC/C=C\C/C=C\CCCCCCCCCCCCCCCCCCCC(=O)NC(CO)C(O)/C=C/CCCCCCCCCCCCCCCCCCCCCC. The maximum atomic E-state index is 12.6. The molecule has 0 radical (unpaired) electrons. The van der Waals surface area contributed by atoms with E-state index in [0.29, 0.717) is 19.4 Å². The number of aliphatic hydroxyl groups excluding tert-OH is 2. The van der Waals surface area contributed by atoms with Gasteiger partial charge in [0, 0.05) is 12.8 Å². The van der Waals surface area contributed by atoms with Crippen LogP contribution >= 0.6 is 0 Å². The average Bonchev–Trinajstić information content (AvgIpc) is 3.60. The summed E-state index contributed by atoms with van der Waals surface area (Å²) >= 11 is 0. The third kappa shape index (κ3) is 74.9. The van der Waals surface area contributed by atoms with Gasteiger partial charge in [0.25, 0.3) is 0 Å². The maximum Gasteiger partial charge on any atom is 0.305 e. The highest BCUT2D eigenvalue weighted by atomic mass is 16.5. The smallest absolute Gasteiger partial charge is 0.305 e. The van der Waals surface area contributed by atoms with Crippen molar-refractivity contribution in [2.75, 3.05) is 13.2 Å². The summed E-state index contributed by atoms with van der Waals surface area (Å²) in [6, 6.07) is -0.628. The molecule has 0 aliphatic rings. The highest BCUT2D eigenvalue weighted by molar-refractivity contribution is 5.76. The molecule has 90 heavy (non-hydrogen) atoms. The van der Waals surface area contributed by atoms with E-state index in [-0.39, 0.29) is 18.5 Å². The Kier molecular flexibility index (Phi) is 77.3. The molecule has 2 unspecified atom stereocenters. The topological polar surface area (TPSA) is 95.9 Å². The van der Waals surface area contributed by atoms with E-state index >= 15 is 0 Å². The predicted octanol–water partition coefficient (Wildman–Crippen LogP) is 27.2. The van der Waals surface area contributed by atoms with Gasteiger partial charge in [0.15, 0.2) is 0 Å². The van der Waals surface area contributed by atoms with Crippen LogP contribution in [0.1, 0.15) is 450 Å². The minimum Gasteiger partial charge on any atom is -0.466 e. The van der Waals surface area contributed by atoms with Crippen molar-refractivity contribution < 1.29 is 24.5 Å². The zero-order valence-electron chi connectivity index (χ0n) is 60.9. The van der Waals surface area contributed by atoms with Crippen molar-refractivity contribution in [3.63, 3.8) is 0 Å². The second-order valence-corrected chi connectivity index (χ2v) is 28.1. The van der Waals surface area contributed by atoms with Crippen molar-refractivity contribution >= 4 is 11.9 Å². The third-order valence-corrected chi connectivity index (χ3v) is 19.1. The first kappa shape index (κ1) is 87.8.